The Balaban J connectivity index is 2.85. The van der Waals surface area contributed by atoms with Crippen LogP contribution >= 0.6 is 0 Å². The molecule has 16 heavy (non-hydrogen) atoms. The first-order valence-corrected chi connectivity index (χ1v) is 5.43. The molecule has 2 nitrogen and oxygen atoms in total. The second-order valence-electron chi connectivity index (χ2n) is 3.90. The van der Waals surface area contributed by atoms with E-state index in [1.165, 1.54) is 6.07 Å². The highest BCUT2D eigenvalue weighted by molar-refractivity contribution is 5.20. The third-order valence-electron chi connectivity index (χ3n) is 2.69. The fraction of sp³-hybridized carbons (Fsp3) is 0.500. The SMILES string of the molecule is CCCC(CN)C(O)c1ccc(F)c(F)c1. The van der Waals surface area contributed by atoms with Gasteiger partial charge in [-0.1, -0.05) is 19.4 Å². The molecular weight excluding hydrogens is 212 g/mol. The fourth-order valence-corrected chi connectivity index (χ4v) is 1.74. The third kappa shape index (κ3) is 3.00. The summed E-state index contributed by atoms with van der Waals surface area (Å²) in [5.74, 6) is -1.96. The highest BCUT2D eigenvalue weighted by Gasteiger charge is 2.19. The Hall–Kier alpha value is -1.00. The van der Waals surface area contributed by atoms with Gasteiger partial charge in [0, 0.05) is 5.92 Å². The van der Waals surface area contributed by atoms with Crippen LogP contribution in [-0.2, 0) is 0 Å². The van der Waals surface area contributed by atoms with E-state index in [2.05, 4.69) is 0 Å². The zero-order valence-corrected chi connectivity index (χ0v) is 9.29. The highest BCUT2D eigenvalue weighted by Crippen LogP contribution is 2.26. The number of benzene rings is 1. The van der Waals surface area contributed by atoms with E-state index in [1.807, 2.05) is 6.92 Å². The lowest BCUT2D eigenvalue weighted by atomic mass is 9.92. The van der Waals surface area contributed by atoms with Gasteiger partial charge in [-0.3, -0.25) is 0 Å². The Labute approximate surface area is 94.1 Å². The zero-order chi connectivity index (χ0) is 12.1. The van der Waals surface area contributed by atoms with Crippen molar-refractivity contribution in [2.75, 3.05) is 6.54 Å². The van der Waals surface area contributed by atoms with Crippen molar-refractivity contribution in [1.29, 1.82) is 0 Å². The van der Waals surface area contributed by atoms with Crippen molar-refractivity contribution in [3.05, 3.63) is 35.4 Å². The summed E-state index contributed by atoms with van der Waals surface area (Å²) < 4.78 is 25.7. The van der Waals surface area contributed by atoms with Gasteiger partial charge < -0.3 is 10.8 Å². The molecule has 0 amide bonds. The topological polar surface area (TPSA) is 46.2 Å². The maximum Gasteiger partial charge on any atom is 0.159 e. The van der Waals surface area contributed by atoms with Gasteiger partial charge in [0.2, 0.25) is 0 Å². The van der Waals surface area contributed by atoms with Crippen molar-refractivity contribution in [2.24, 2.45) is 11.7 Å². The van der Waals surface area contributed by atoms with E-state index < -0.39 is 17.7 Å². The normalized spacial score (nSPS) is 14.8. The van der Waals surface area contributed by atoms with E-state index in [9.17, 15) is 13.9 Å². The molecule has 2 unspecified atom stereocenters. The Kier molecular flexibility index (Phi) is 4.83. The minimum absolute atomic E-state index is 0.116. The number of hydrogen-bond acceptors (Lipinski definition) is 2. The molecule has 90 valence electrons. The Morgan fingerprint density at radius 3 is 2.50 bits per heavy atom. The fourth-order valence-electron chi connectivity index (χ4n) is 1.74. The van der Waals surface area contributed by atoms with Crippen molar-refractivity contribution in [3.8, 4) is 0 Å². The minimum atomic E-state index is -0.941. The van der Waals surface area contributed by atoms with Crippen molar-refractivity contribution < 1.29 is 13.9 Å². The molecule has 2 atom stereocenters. The molecule has 0 heterocycles. The van der Waals surface area contributed by atoms with Crippen molar-refractivity contribution >= 4 is 0 Å². The highest BCUT2D eigenvalue weighted by atomic mass is 19.2. The Morgan fingerprint density at radius 1 is 1.31 bits per heavy atom. The van der Waals surface area contributed by atoms with Gasteiger partial charge in [-0.25, -0.2) is 8.78 Å². The first kappa shape index (κ1) is 13.1. The third-order valence-corrected chi connectivity index (χ3v) is 2.69. The number of halogens is 2. The molecule has 0 spiro atoms. The molecule has 0 fully saturated rings. The summed E-state index contributed by atoms with van der Waals surface area (Å²) in [4.78, 5) is 0. The molecule has 4 heteroatoms. The van der Waals surface area contributed by atoms with Crippen LogP contribution in [0.15, 0.2) is 18.2 Å². The molecule has 0 aliphatic heterocycles. The van der Waals surface area contributed by atoms with Crippen LogP contribution in [0.25, 0.3) is 0 Å². The van der Waals surface area contributed by atoms with Crippen molar-refractivity contribution in [1.82, 2.24) is 0 Å². The first-order chi connectivity index (χ1) is 7.60. The Morgan fingerprint density at radius 2 is 2.00 bits per heavy atom. The lowest BCUT2D eigenvalue weighted by Gasteiger charge is -2.21. The number of hydrogen-bond donors (Lipinski definition) is 2. The van der Waals surface area contributed by atoms with Gasteiger partial charge in [0.15, 0.2) is 11.6 Å². The molecule has 0 radical (unpaired) electrons. The number of aliphatic hydroxyl groups excluding tert-OH is 1. The molecule has 0 saturated carbocycles. The number of nitrogens with two attached hydrogens (primary N) is 1. The van der Waals surface area contributed by atoms with Gasteiger partial charge in [0.05, 0.1) is 6.10 Å². The van der Waals surface area contributed by atoms with Crippen LogP contribution < -0.4 is 5.73 Å². The molecule has 1 aromatic rings. The van der Waals surface area contributed by atoms with Crippen LogP contribution in [-0.4, -0.2) is 11.7 Å². The van der Waals surface area contributed by atoms with Crippen LogP contribution in [0.2, 0.25) is 0 Å². The second-order valence-corrected chi connectivity index (χ2v) is 3.90. The van der Waals surface area contributed by atoms with E-state index in [1.54, 1.807) is 0 Å². The number of rotatable bonds is 5. The molecule has 0 aromatic heterocycles. The van der Waals surface area contributed by atoms with Gasteiger partial charge in [0.25, 0.3) is 0 Å². The van der Waals surface area contributed by atoms with Gasteiger partial charge in [-0.15, -0.1) is 0 Å². The van der Waals surface area contributed by atoms with Crippen LogP contribution in [0.4, 0.5) is 8.78 Å². The molecule has 3 N–H and O–H groups in total. The summed E-state index contributed by atoms with van der Waals surface area (Å²) in [6, 6.07) is 3.44. The predicted molar refractivity (Wildman–Crippen MR) is 58.8 cm³/mol. The maximum absolute atomic E-state index is 13.0. The van der Waals surface area contributed by atoms with Crippen LogP contribution in [0.3, 0.4) is 0 Å². The molecule has 0 aliphatic carbocycles. The van der Waals surface area contributed by atoms with E-state index in [-0.39, 0.29) is 5.92 Å². The summed E-state index contributed by atoms with van der Waals surface area (Å²) in [7, 11) is 0. The summed E-state index contributed by atoms with van der Waals surface area (Å²) in [6.07, 6.45) is 0.819. The maximum atomic E-state index is 13.0. The van der Waals surface area contributed by atoms with Crippen LogP contribution in [0, 0.1) is 17.6 Å². The average molecular weight is 229 g/mol. The van der Waals surface area contributed by atoms with Gasteiger partial charge in [-0.05, 0) is 30.7 Å². The second kappa shape index (κ2) is 5.92. The van der Waals surface area contributed by atoms with E-state index in [0.717, 1.165) is 25.0 Å². The lowest BCUT2D eigenvalue weighted by Crippen LogP contribution is -2.22. The van der Waals surface area contributed by atoms with Crippen LogP contribution in [0.5, 0.6) is 0 Å². The van der Waals surface area contributed by atoms with Crippen molar-refractivity contribution in [3.63, 3.8) is 0 Å². The van der Waals surface area contributed by atoms with E-state index in [4.69, 9.17) is 5.73 Å². The lowest BCUT2D eigenvalue weighted by molar-refractivity contribution is 0.106. The Bertz CT molecular complexity index is 344. The van der Waals surface area contributed by atoms with Gasteiger partial charge in [0.1, 0.15) is 0 Å². The summed E-state index contributed by atoms with van der Waals surface area (Å²) in [6.45, 7) is 2.31. The molecule has 1 aromatic carbocycles. The summed E-state index contributed by atoms with van der Waals surface area (Å²) in [5, 5.41) is 9.96. The summed E-state index contributed by atoms with van der Waals surface area (Å²) in [5.41, 5.74) is 5.91. The number of aliphatic hydroxyl groups is 1. The van der Waals surface area contributed by atoms with Crippen molar-refractivity contribution in [2.45, 2.75) is 25.9 Å². The molecule has 1 rings (SSSR count). The quantitative estimate of drug-likeness (QED) is 0.814. The standard InChI is InChI=1S/C12H17F2NO/c1-2-3-9(7-15)12(16)8-4-5-10(13)11(14)6-8/h4-6,9,12,16H,2-3,7,15H2,1H3. The largest absolute Gasteiger partial charge is 0.388 e. The molecule has 0 aliphatic rings. The molecule has 0 bridgehead atoms. The van der Waals surface area contributed by atoms with Gasteiger partial charge in [-0.2, -0.15) is 0 Å². The smallest absolute Gasteiger partial charge is 0.159 e. The zero-order valence-electron chi connectivity index (χ0n) is 9.29. The molecular formula is C12H17F2NO. The molecule has 0 saturated heterocycles. The average Bonchev–Trinajstić information content (AvgIpc) is 2.28. The van der Waals surface area contributed by atoms with Crippen LogP contribution in [0.1, 0.15) is 31.4 Å². The first-order valence-electron chi connectivity index (χ1n) is 5.43. The predicted octanol–water partition coefficient (Wildman–Crippen LogP) is 2.37. The van der Waals surface area contributed by atoms with E-state index >= 15 is 0 Å². The monoisotopic (exact) mass is 229 g/mol. The van der Waals surface area contributed by atoms with Gasteiger partial charge >= 0.3 is 0 Å². The minimum Gasteiger partial charge on any atom is -0.388 e. The van der Waals surface area contributed by atoms with E-state index in [0.29, 0.717) is 12.1 Å². The summed E-state index contributed by atoms with van der Waals surface area (Å²) >= 11 is 0.